The molecule has 2 aromatic rings. The Kier molecular flexibility index (Phi) is 9.92. The van der Waals surface area contributed by atoms with Crippen LogP contribution >= 0.6 is 0 Å². The van der Waals surface area contributed by atoms with Gasteiger partial charge in [0.25, 0.3) is 0 Å². The summed E-state index contributed by atoms with van der Waals surface area (Å²) < 4.78 is 17.3. The second kappa shape index (κ2) is 13.6. The Bertz CT molecular complexity index is 921. The summed E-state index contributed by atoms with van der Waals surface area (Å²) in [7, 11) is 0. The number of rotatable bonds is 13. The Morgan fingerprint density at radius 2 is 1.71 bits per heavy atom. The Morgan fingerprint density at radius 3 is 2.51 bits per heavy atom. The van der Waals surface area contributed by atoms with Crippen LogP contribution in [-0.2, 0) is 22.5 Å². The molecule has 190 valence electrons. The van der Waals surface area contributed by atoms with Gasteiger partial charge in [-0.15, -0.1) is 0 Å². The van der Waals surface area contributed by atoms with Crippen molar-refractivity contribution in [2.75, 3.05) is 65.6 Å². The zero-order chi connectivity index (χ0) is 24.3. The number of ether oxygens (including phenoxy) is 3. The largest absolute Gasteiger partial charge is 0.488 e. The van der Waals surface area contributed by atoms with E-state index < -0.39 is 12.2 Å². The van der Waals surface area contributed by atoms with Crippen molar-refractivity contribution in [1.82, 2.24) is 15.1 Å². The fraction of sp³-hybridized carbons (Fsp3) is 0.519. The number of hydrogen-bond donors (Lipinski definition) is 2. The lowest BCUT2D eigenvalue weighted by atomic mass is 10.00. The number of nitrogens with one attached hydrogen (secondary N) is 1. The van der Waals surface area contributed by atoms with Gasteiger partial charge in [-0.05, 0) is 29.7 Å². The van der Waals surface area contributed by atoms with E-state index in [9.17, 15) is 9.90 Å². The maximum atomic E-state index is 11.7. The summed E-state index contributed by atoms with van der Waals surface area (Å²) in [6.45, 7) is 7.79. The van der Waals surface area contributed by atoms with Crippen LogP contribution in [0.25, 0.3) is 0 Å². The van der Waals surface area contributed by atoms with E-state index in [0.29, 0.717) is 37.7 Å². The van der Waals surface area contributed by atoms with E-state index in [-0.39, 0.29) is 0 Å². The fourth-order valence-electron chi connectivity index (χ4n) is 4.52. The monoisotopic (exact) mass is 483 g/mol. The van der Waals surface area contributed by atoms with E-state index in [1.807, 2.05) is 24.3 Å². The van der Waals surface area contributed by atoms with Crippen molar-refractivity contribution >= 4 is 6.29 Å². The van der Waals surface area contributed by atoms with Crippen LogP contribution in [0.5, 0.6) is 11.5 Å². The molecule has 0 spiro atoms. The maximum Gasteiger partial charge on any atom is 0.166 e. The third-order valence-electron chi connectivity index (χ3n) is 6.45. The first kappa shape index (κ1) is 25.6. The molecular formula is C27H37N3O5. The minimum Gasteiger partial charge on any atom is -0.488 e. The summed E-state index contributed by atoms with van der Waals surface area (Å²) in [5.74, 6) is 1.17. The highest BCUT2D eigenvalue weighted by Gasteiger charge is 2.19. The molecule has 4 rings (SSSR count). The van der Waals surface area contributed by atoms with Crippen LogP contribution in [0.2, 0.25) is 0 Å². The Hall–Kier alpha value is -2.49. The van der Waals surface area contributed by atoms with Gasteiger partial charge >= 0.3 is 0 Å². The third-order valence-corrected chi connectivity index (χ3v) is 6.45. The smallest absolute Gasteiger partial charge is 0.166 e. The first-order valence-electron chi connectivity index (χ1n) is 12.5. The number of hydrogen-bond acceptors (Lipinski definition) is 8. The number of β-amino-alcohol motifs (C(OH)–C–C–N with tert-alkyl or cyclic N) is 1. The Labute approximate surface area is 207 Å². The summed E-state index contributed by atoms with van der Waals surface area (Å²) in [5, 5.41) is 13.7. The Balaban J connectivity index is 1.18. The molecular weight excluding hydrogens is 446 g/mol. The zero-order valence-electron chi connectivity index (χ0n) is 20.3. The normalized spacial score (nSPS) is 18.4. The highest BCUT2D eigenvalue weighted by atomic mass is 16.5. The van der Waals surface area contributed by atoms with Crippen LogP contribution in [0.1, 0.15) is 11.1 Å². The van der Waals surface area contributed by atoms with Crippen molar-refractivity contribution in [3.8, 4) is 11.5 Å². The topological polar surface area (TPSA) is 83.5 Å². The molecule has 2 aliphatic rings. The summed E-state index contributed by atoms with van der Waals surface area (Å²) in [6.07, 6.45) is 0.591. The molecule has 2 N–H and O–H groups in total. The van der Waals surface area contributed by atoms with Crippen LogP contribution in [0.3, 0.4) is 0 Å². The van der Waals surface area contributed by atoms with Gasteiger partial charge in [0.2, 0.25) is 0 Å². The van der Waals surface area contributed by atoms with Gasteiger partial charge in [-0.25, -0.2) is 0 Å². The lowest BCUT2D eigenvalue weighted by Gasteiger charge is -2.30. The van der Waals surface area contributed by atoms with Gasteiger partial charge in [0.1, 0.15) is 6.61 Å². The Morgan fingerprint density at radius 1 is 0.971 bits per heavy atom. The van der Waals surface area contributed by atoms with Crippen molar-refractivity contribution in [3.05, 3.63) is 59.7 Å². The van der Waals surface area contributed by atoms with E-state index in [1.54, 1.807) is 0 Å². The standard InChI is InChI=1S/C27H37N3O5/c31-21-25(18-28-17-24(32)20-30-10-9-22-5-1-2-6-23(22)19-30)35-27-8-4-3-7-26(27)34-16-13-29-11-14-33-15-12-29/h1-8,21,24-25,28,32H,9-20H2/t24-,25?/m0/s1. The summed E-state index contributed by atoms with van der Waals surface area (Å²) in [4.78, 5) is 16.2. The quantitative estimate of drug-likeness (QED) is 0.413. The number of benzene rings is 2. The second-order valence-electron chi connectivity index (χ2n) is 9.11. The maximum absolute atomic E-state index is 11.7. The number of aliphatic hydroxyl groups excluding tert-OH is 1. The lowest BCUT2D eigenvalue weighted by molar-refractivity contribution is -0.113. The predicted molar refractivity (Wildman–Crippen MR) is 134 cm³/mol. The van der Waals surface area contributed by atoms with Crippen molar-refractivity contribution in [2.45, 2.75) is 25.2 Å². The van der Waals surface area contributed by atoms with Gasteiger partial charge in [0.05, 0.1) is 19.3 Å². The minimum atomic E-state index is -0.673. The van der Waals surface area contributed by atoms with Crippen LogP contribution in [-0.4, -0.2) is 99.0 Å². The second-order valence-corrected chi connectivity index (χ2v) is 9.11. The molecule has 0 radical (unpaired) electrons. The highest BCUT2D eigenvalue weighted by molar-refractivity contribution is 5.58. The first-order chi connectivity index (χ1) is 17.2. The van der Waals surface area contributed by atoms with Crippen LogP contribution in [0.15, 0.2) is 48.5 Å². The minimum absolute atomic E-state index is 0.311. The van der Waals surface area contributed by atoms with E-state index in [4.69, 9.17) is 14.2 Å². The van der Waals surface area contributed by atoms with Crippen molar-refractivity contribution in [2.24, 2.45) is 0 Å². The molecule has 2 atom stereocenters. The van der Waals surface area contributed by atoms with Gasteiger partial charge in [0.15, 0.2) is 23.9 Å². The molecule has 1 saturated heterocycles. The number of fused-ring (bicyclic) bond motifs is 1. The van der Waals surface area contributed by atoms with Gasteiger partial charge in [-0.2, -0.15) is 0 Å². The number of aldehydes is 1. The van der Waals surface area contributed by atoms with Gasteiger partial charge < -0.3 is 24.6 Å². The molecule has 2 aliphatic heterocycles. The van der Waals surface area contributed by atoms with Crippen LogP contribution in [0.4, 0.5) is 0 Å². The first-order valence-corrected chi connectivity index (χ1v) is 12.5. The SMILES string of the molecule is O=CC(CNC[C@H](O)CN1CCc2ccccc2C1)Oc1ccccc1OCCN1CCOCC1. The zero-order valence-corrected chi connectivity index (χ0v) is 20.3. The number of carbonyl (C=O) groups excluding carboxylic acids is 1. The van der Waals surface area contributed by atoms with Crippen molar-refractivity contribution in [3.63, 3.8) is 0 Å². The molecule has 1 unspecified atom stereocenters. The number of nitrogens with zero attached hydrogens (tertiary/aromatic N) is 2. The molecule has 8 heteroatoms. The number of morpholine rings is 1. The number of carbonyl (C=O) groups is 1. The molecule has 0 bridgehead atoms. The molecule has 1 fully saturated rings. The van der Waals surface area contributed by atoms with Gasteiger partial charge in [-0.3, -0.25) is 14.6 Å². The van der Waals surface area contributed by atoms with Crippen LogP contribution < -0.4 is 14.8 Å². The lowest BCUT2D eigenvalue weighted by Crippen LogP contribution is -2.43. The van der Waals surface area contributed by atoms with E-state index in [0.717, 1.165) is 58.6 Å². The molecule has 8 nitrogen and oxygen atoms in total. The molecule has 0 aliphatic carbocycles. The van der Waals surface area contributed by atoms with E-state index >= 15 is 0 Å². The van der Waals surface area contributed by atoms with Crippen molar-refractivity contribution < 1.29 is 24.1 Å². The van der Waals surface area contributed by atoms with E-state index in [2.05, 4.69) is 39.4 Å². The number of para-hydroxylation sites is 2. The number of aliphatic hydroxyl groups is 1. The van der Waals surface area contributed by atoms with Gasteiger partial charge in [-0.1, -0.05) is 36.4 Å². The summed E-state index contributed by atoms with van der Waals surface area (Å²) >= 11 is 0. The van der Waals surface area contributed by atoms with Crippen molar-refractivity contribution in [1.29, 1.82) is 0 Å². The molecule has 0 amide bonds. The third kappa shape index (κ3) is 8.02. The molecule has 0 aromatic heterocycles. The summed E-state index contributed by atoms with van der Waals surface area (Å²) in [5.41, 5.74) is 2.73. The fourth-order valence-corrected chi connectivity index (χ4v) is 4.52. The van der Waals surface area contributed by atoms with Crippen LogP contribution in [0, 0.1) is 0 Å². The van der Waals surface area contributed by atoms with E-state index in [1.165, 1.54) is 11.1 Å². The van der Waals surface area contributed by atoms with Gasteiger partial charge in [0, 0.05) is 52.4 Å². The highest BCUT2D eigenvalue weighted by Crippen LogP contribution is 2.27. The summed E-state index contributed by atoms with van der Waals surface area (Å²) in [6, 6.07) is 15.9. The molecule has 2 aromatic carbocycles. The molecule has 0 saturated carbocycles. The molecule has 35 heavy (non-hydrogen) atoms. The average molecular weight is 484 g/mol. The molecule has 2 heterocycles. The average Bonchev–Trinajstić information content (AvgIpc) is 2.89. The predicted octanol–water partition coefficient (Wildman–Crippen LogP) is 1.35.